The Morgan fingerprint density at radius 1 is 0.862 bits per heavy atom. The molecule has 0 aliphatic rings. The Labute approximate surface area is 175 Å². The molecule has 3 rings (SSSR count). The van der Waals surface area contributed by atoms with Crippen LogP contribution >= 0.6 is 11.8 Å². The fourth-order valence-electron chi connectivity index (χ4n) is 2.59. The Kier molecular flexibility index (Phi) is 6.95. The monoisotopic (exact) mass is 426 g/mol. The van der Waals surface area contributed by atoms with Crippen LogP contribution < -0.4 is 10.0 Å². The van der Waals surface area contributed by atoms with E-state index in [1.807, 2.05) is 49.4 Å². The molecule has 7 heteroatoms. The zero-order valence-corrected chi connectivity index (χ0v) is 17.6. The quantitative estimate of drug-likeness (QED) is 0.549. The number of carbonyl (C=O) groups excluding carboxylic acids is 1. The molecule has 3 aromatic rings. The van der Waals surface area contributed by atoms with E-state index in [-0.39, 0.29) is 10.8 Å². The zero-order chi connectivity index (χ0) is 20.7. The Bertz CT molecular complexity index is 1050. The topological polar surface area (TPSA) is 75.3 Å². The Morgan fingerprint density at radius 3 is 2.14 bits per heavy atom. The number of aryl methyl sites for hydroxylation is 1. The first kappa shape index (κ1) is 21.0. The maximum Gasteiger partial charge on any atom is 0.261 e. The van der Waals surface area contributed by atoms with Crippen molar-refractivity contribution in [3.63, 3.8) is 0 Å². The van der Waals surface area contributed by atoms with Gasteiger partial charge in [-0.3, -0.25) is 9.52 Å². The van der Waals surface area contributed by atoms with Crippen LogP contribution in [0.2, 0.25) is 0 Å². The van der Waals surface area contributed by atoms with Gasteiger partial charge in [0.1, 0.15) is 0 Å². The van der Waals surface area contributed by atoms with Crippen LogP contribution in [-0.2, 0) is 20.6 Å². The number of hydrogen-bond acceptors (Lipinski definition) is 4. The third-order valence-corrected chi connectivity index (χ3v) is 6.50. The van der Waals surface area contributed by atoms with Crippen molar-refractivity contribution in [2.45, 2.75) is 17.6 Å². The zero-order valence-electron chi connectivity index (χ0n) is 16.0. The van der Waals surface area contributed by atoms with Gasteiger partial charge < -0.3 is 5.32 Å². The van der Waals surface area contributed by atoms with Crippen LogP contribution in [0.5, 0.6) is 0 Å². The molecule has 0 bridgehead atoms. The van der Waals surface area contributed by atoms with E-state index in [1.54, 1.807) is 24.3 Å². The van der Waals surface area contributed by atoms with Gasteiger partial charge in [0.2, 0.25) is 5.91 Å². The Balaban J connectivity index is 1.53. The number of anilines is 2. The van der Waals surface area contributed by atoms with Gasteiger partial charge in [-0.05, 0) is 48.9 Å². The predicted molar refractivity (Wildman–Crippen MR) is 120 cm³/mol. The molecule has 0 saturated heterocycles. The third-order valence-electron chi connectivity index (χ3n) is 4.10. The molecule has 2 N–H and O–H groups in total. The van der Waals surface area contributed by atoms with Gasteiger partial charge in [-0.1, -0.05) is 48.0 Å². The lowest BCUT2D eigenvalue weighted by atomic mass is 10.2. The highest BCUT2D eigenvalue weighted by Gasteiger charge is 2.14. The first-order chi connectivity index (χ1) is 13.9. The highest BCUT2D eigenvalue weighted by atomic mass is 32.2. The average Bonchev–Trinajstić information content (AvgIpc) is 2.71. The molecule has 0 fully saturated rings. The molecular weight excluding hydrogens is 404 g/mol. The maximum atomic E-state index is 12.5. The molecule has 0 aliphatic carbocycles. The van der Waals surface area contributed by atoms with E-state index in [2.05, 4.69) is 10.0 Å². The number of carbonyl (C=O) groups is 1. The summed E-state index contributed by atoms with van der Waals surface area (Å²) in [5, 5.41) is 2.79. The summed E-state index contributed by atoms with van der Waals surface area (Å²) in [6, 6.07) is 23.2. The van der Waals surface area contributed by atoms with Crippen molar-refractivity contribution < 1.29 is 13.2 Å². The lowest BCUT2D eigenvalue weighted by Gasteiger charge is -2.10. The van der Waals surface area contributed by atoms with Crippen LogP contribution in [0.15, 0.2) is 83.8 Å². The van der Waals surface area contributed by atoms with E-state index < -0.39 is 10.0 Å². The minimum absolute atomic E-state index is 0.126. The molecule has 0 aromatic heterocycles. The molecule has 0 saturated carbocycles. The van der Waals surface area contributed by atoms with Gasteiger partial charge in [0.15, 0.2) is 0 Å². The summed E-state index contributed by atoms with van der Waals surface area (Å²) < 4.78 is 27.5. The summed E-state index contributed by atoms with van der Waals surface area (Å²) in [7, 11) is -3.68. The number of rotatable bonds is 8. The highest BCUT2D eigenvalue weighted by molar-refractivity contribution is 7.99. The van der Waals surface area contributed by atoms with Gasteiger partial charge >= 0.3 is 0 Å². The molecule has 5 nitrogen and oxygen atoms in total. The molecule has 29 heavy (non-hydrogen) atoms. The summed E-state index contributed by atoms with van der Waals surface area (Å²) in [5.41, 5.74) is 3.28. The standard InChI is InChI=1S/C22H22N2O3S2/c1-17-7-9-20(10-8-17)24-29(26,27)21-13-11-19(12-14-21)23-22(25)16-28-15-18-5-3-2-4-6-18/h2-14,24H,15-16H2,1H3,(H,23,25). The number of amides is 1. The third kappa shape index (κ3) is 6.37. The minimum Gasteiger partial charge on any atom is -0.325 e. The number of benzene rings is 3. The summed E-state index contributed by atoms with van der Waals surface area (Å²) in [6.07, 6.45) is 0. The number of nitrogens with one attached hydrogen (secondary N) is 2. The molecule has 0 unspecified atom stereocenters. The minimum atomic E-state index is -3.68. The van der Waals surface area contributed by atoms with Crippen molar-refractivity contribution in [1.82, 2.24) is 0 Å². The van der Waals surface area contributed by atoms with Gasteiger partial charge in [0.25, 0.3) is 10.0 Å². The van der Waals surface area contributed by atoms with Crippen molar-refractivity contribution in [1.29, 1.82) is 0 Å². The van der Waals surface area contributed by atoms with Gasteiger partial charge in [-0.2, -0.15) is 0 Å². The molecule has 0 radical (unpaired) electrons. The van der Waals surface area contributed by atoms with E-state index in [0.29, 0.717) is 17.1 Å². The van der Waals surface area contributed by atoms with E-state index in [1.165, 1.54) is 29.5 Å². The summed E-state index contributed by atoms with van der Waals surface area (Å²) >= 11 is 1.53. The first-order valence-electron chi connectivity index (χ1n) is 9.03. The van der Waals surface area contributed by atoms with Crippen LogP contribution in [-0.4, -0.2) is 20.1 Å². The second-order valence-electron chi connectivity index (χ2n) is 6.52. The number of thioether (sulfide) groups is 1. The predicted octanol–water partition coefficient (Wildman–Crippen LogP) is 4.67. The van der Waals surface area contributed by atoms with Crippen LogP contribution in [0.1, 0.15) is 11.1 Å². The van der Waals surface area contributed by atoms with Crippen LogP contribution in [0, 0.1) is 6.92 Å². The van der Waals surface area contributed by atoms with Crippen molar-refractivity contribution in [2.24, 2.45) is 0 Å². The van der Waals surface area contributed by atoms with Gasteiger partial charge in [-0.15, -0.1) is 11.8 Å². The van der Waals surface area contributed by atoms with E-state index in [9.17, 15) is 13.2 Å². The fraction of sp³-hybridized carbons (Fsp3) is 0.136. The molecule has 0 aliphatic heterocycles. The molecule has 150 valence electrons. The lowest BCUT2D eigenvalue weighted by Crippen LogP contribution is -2.15. The van der Waals surface area contributed by atoms with Crippen LogP contribution in [0.4, 0.5) is 11.4 Å². The van der Waals surface area contributed by atoms with Crippen molar-refractivity contribution >= 4 is 39.1 Å². The summed E-state index contributed by atoms with van der Waals surface area (Å²) in [6.45, 7) is 1.94. The van der Waals surface area contributed by atoms with Gasteiger partial charge in [0, 0.05) is 17.1 Å². The SMILES string of the molecule is Cc1ccc(NS(=O)(=O)c2ccc(NC(=O)CSCc3ccccc3)cc2)cc1. The largest absolute Gasteiger partial charge is 0.325 e. The smallest absolute Gasteiger partial charge is 0.261 e. The molecule has 3 aromatic carbocycles. The second kappa shape index (κ2) is 9.62. The van der Waals surface area contributed by atoms with E-state index in [0.717, 1.165) is 11.3 Å². The summed E-state index contributed by atoms with van der Waals surface area (Å²) in [4.78, 5) is 12.2. The number of sulfonamides is 1. The van der Waals surface area contributed by atoms with Crippen molar-refractivity contribution in [3.8, 4) is 0 Å². The molecular formula is C22H22N2O3S2. The van der Waals surface area contributed by atoms with E-state index >= 15 is 0 Å². The highest BCUT2D eigenvalue weighted by Crippen LogP contribution is 2.19. The maximum absolute atomic E-state index is 12.5. The fourth-order valence-corrected chi connectivity index (χ4v) is 4.43. The average molecular weight is 427 g/mol. The second-order valence-corrected chi connectivity index (χ2v) is 9.19. The Hall–Kier alpha value is -2.77. The molecule has 0 heterocycles. The Morgan fingerprint density at radius 2 is 1.48 bits per heavy atom. The van der Waals surface area contributed by atoms with Gasteiger partial charge in [-0.25, -0.2) is 8.42 Å². The van der Waals surface area contributed by atoms with Crippen molar-refractivity contribution in [2.75, 3.05) is 15.8 Å². The van der Waals surface area contributed by atoms with Crippen LogP contribution in [0.3, 0.4) is 0 Å². The van der Waals surface area contributed by atoms with Crippen molar-refractivity contribution in [3.05, 3.63) is 90.0 Å². The van der Waals surface area contributed by atoms with Crippen LogP contribution in [0.25, 0.3) is 0 Å². The van der Waals surface area contributed by atoms with E-state index in [4.69, 9.17) is 0 Å². The van der Waals surface area contributed by atoms with Gasteiger partial charge in [0.05, 0.1) is 10.6 Å². The normalized spacial score (nSPS) is 11.1. The molecule has 1 amide bonds. The first-order valence-corrected chi connectivity index (χ1v) is 11.7. The number of hydrogen-bond donors (Lipinski definition) is 2. The summed E-state index contributed by atoms with van der Waals surface area (Å²) in [5.74, 6) is 0.958. The molecule has 0 spiro atoms. The lowest BCUT2D eigenvalue weighted by molar-refractivity contribution is -0.113. The molecule has 0 atom stereocenters.